The summed E-state index contributed by atoms with van der Waals surface area (Å²) in [6.45, 7) is 2.05. The van der Waals surface area contributed by atoms with Gasteiger partial charge in [0.2, 0.25) is 5.75 Å². The molecule has 24 heavy (non-hydrogen) atoms. The van der Waals surface area contributed by atoms with Gasteiger partial charge in [-0.1, -0.05) is 35.9 Å². The molecule has 0 saturated heterocycles. The number of ether oxygens (including phenoxy) is 3. The summed E-state index contributed by atoms with van der Waals surface area (Å²) in [7, 11) is 3.14. The lowest BCUT2D eigenvalue weighted by atomic mass is 10.1. The molecule has 0 N–H and O–H groups in total. The third-order valence-electron chi connectivity index (χ3n) is 3.59. The SMILES string of the molecule is COc1cccc(OC)c1Oc1ncc(-c2ccc(C)cc2)cn1. The van der Waals surface area contributed by atoms with Crippen LogP contribution in [0.3, 0.4) is 0 Å². The molecule has 0 radical (unpaired) electrons. The van der Waals surface area contributed by atoms with Crippen LogP contribution in [0, 0.1) is 6.92 Å². The van der Waals surface area contributed by atoms with Gasteiger partial charge in [0.25, 0.3) is 0 Å². The van der Waals surface area contributed by atoms with Crippen molar-refractivity contribution in [1.29, 1.82) is 0 Å². The average molecular weight is 322 g/mol. The van der Waals surface area contributed by atoms with Gasteiger partial charge in [0.15, 0.2) is 11.5 Å². The third-order valence-corrected chi connectivity index (χ3v) is 3.59. The van der Waals surface area contributed by atoms with E-state index in [1.165, 1.54) is 5.56 Å². The fourth-order valence-electron chi connectivity index (χ4n) is 2.27. The summed E-state index contributed by atoms with van der Waals surface area (Å²) >= 11 is 0. The van der Waals surface area contributed by atoms with E-state index in [4.69, 9.17) is 14.2 Å². The molecule has 0 fully saturated rings. The predicted molar refractivity (Wildman–Crippen MR) is 91.8 cm³/mol. The van der Waals surface area contributed by atoms with Crippen LogP contribution in [0.4, 0.5) is 0 Å². The first-order valence-electron chi connectivity index (χ1n) is 7.49. The second-order valence-corrected chi connectivity index (χ2v) is 5.21. The molecule has 1 heterocycles. The molecule has 3 aromatic rings. The lowest BCUT2D eigenvalue weighted by molar-refractivity contribution is 0.336. The third kappa shape index (κ3) is 3.30. The van der Waals surface area contributed by atoms with E-state index in [0.29, 0.717) is 17.2 Å². The van der Waals surface area contributed by atoms with Crippen LogP contribution < -0.4 is 14.2 Å². The molecule has 0 atom stereocenters. The van der Waals surface area contributed by atoms with Crippen molar-refractivity contribution in [2.45, 2.75) is 6.92 Å². The molecule has 0 aliphatic carbocycles. The Morgan fingerprint density at radius 3 is 1.88 bits per heavy atom. The zero-order valence-corrected chi connectivity index (χ0v) is 13.8. The van der Waals surface area contributed by atoms with Crippen LogP contribution in [0.1, 0.15) is 5.56 Å². The molecule has 0 spiro atoms. The number of aromatic nitrogens is 2. The lowest BCUT2D eigenvalue weighted by Crippen LogP contribution is -1.97. The maximum absolute atomic E-state index is 5.76. The largest absolute Gasteiger partial charge is 0.493 e. The fraction of sp³-hybridized carbons (Fsp3) is 0.158. The number of rotatable bonds is 5. The van der Waals surface area contributed by atoms with E-state index >= 15 is 0 Å². The van der Waals surface area contributed by atoms with E-state index in [2.05, 4.69) is 29.0 Å². The maximum atomic E-state index is 5.76. The van der Waals surface area contributed by atoms with Gasteiger partial charge in [-0.05, 0) is 24.6 Å². The van der Waals surface area contributed by atoms with Gasteiger partial charge in [0.05, 0.1) is 14.2 Å². The summed E-state index contributed by atoms with van der Waals surface area (Å²) < 4.78 is 16.4. The van der Waals surface area contributed by atoms with Gasteiger partial charge in [-0.15, -0.1) is 0 Å². The molecule has 0 amide bonds. The summed E-state index contributed by atoms with van der Waals surface area (Å²) in [6, 6.07) is 13.8. The maximum Gasteiger partial charge on any atom is 0.322 e. The standard InChI is InChI=1S/C19H18N2O3/c1-13-7-9-14(10-8-13)15-11-20-19(21-12-15)24-18-16(22-2)5-4-6-17(18)23-3/h4-12H,1-3H3. The monoisotopic (exact) mass is 322 g/mol. The minimum absolute atomic E-state index is 0.230. The quantitative estimate of drug-likeness (QED) is 0.702. The second-order valence-electron chi connectivity index (χ2n) is 5.21. The van der Waals surface area contributed by atoms with Crippen molar-refractivity contribution in [2.24, 2.45) is 0 Å². The van der Waals surface area contributed by atoms with Crippen molar-refractivity contribution in [1.82, 2.24) is 9.97 Å². The number of nitrogens with zero attached hydrogens (tertiary/aromatic N) is 2. The van der Waals surface area contributed by atoms with Crippen molar-refractivity contribution < 1.29 is 14.2 Å². The Morgan fingerprint density at radius 1 is 0.750 bits per heavy atom. The first-order valence-corrected chi connectivity index (χ1v) is 7.49. The van der Waals surface area contributed by atoms with E-state index < -0.39 is 0 Å². The van der Waals surface area contributed by atoms with Gasteiger partial charge < -0.3 is 14.2 Å². The number of methoxy groups -OCH3 is 2. The smallest absolute Gasteiger partial charge is 0.322 e. The zero-order chi connectivity index (χ0) is 16.9. The van der Waals surface area contributed by atoms with E-state index in [1.807, 2.05) is 18.2 Å². The Bertz CT molecular complexity index is 793. The van der Waals surface area contributed by atoms with Crippen molar-refractivity contribution >= 4 is 0 Å². The molecule has 0 bridgehead atoms. The topological polar surface area (TPSA) is 53.5 Å². The number of hydrogen-bond donors (Lipinski definition) is 0. The molecule has 0 saturated carbocycles. The van der Waals surface area contributed by atoms with E-state index in [1.54, 1.807) is 38.7 Å². The Kier molecular flexibility index (Phi) is 4.61. The van der Waals surface area contributed by atoms with Crippen LogP contribution in [0.15, 0.2) is 54.9 Å². The van der Waals surface area contributed by atoms with Crippen LogP contribution in [0.2, 0.25) is 0 Å². The molecule has 2 aromatic carbocycles. The van der Waals surface area contributed by atoms with Gasteiger partial charge in [0, 0.05) is 18.0 Å². The Balaban J connectivity index is 1.86. The summed E-state index contributed by atoms with van der Waals surface area (Å²) in [4.78, 5) is 8.56. The zero-order valence-electron chi connectivity index (χ0n) is 13.8. The molecule has 3 rings (SSSR count). The predicted octanol–water partition coefficient (Wildman–Crippen LogP) is 4.26. The van der Waals surface area contributed by atoms with Gasteiger partial charge in [-0.25, -0.2) is 9.97 Å². The van der Waals surface area contributed by atoms with E-state index in [0.717, 1.165) is 11.1 Å². The van der Waals surface area contributed by atoms with Crippen LogP contribution in [0.5, 0.6) is 23.3 Å². The van der Waals surface area contributed by atoms with Crippen LogP contribution in [0.25, 0.3) is 11.1 Å². The normalized spacial score (nSPS) is 10.3. The Hall–Kier alpha value is -3.08. The van der Waals surface area contributed by atoms with Crippen molar-refractivity contribution in [3.63, 3.8) is 0 Å². The molecular formula is C19H18N2O3. The van der Waals surface area contributed by atoms with E-state index in [9.17, 15) is 0 Å². The first-order chi connectivity index (χ1) is 11.7. The Labute approximate surface area is 140 Å². The highest BCUT2D eigenvalue weighted by molar-refractivity contribution is 5.61. The minimum Gasteiger partial charge on any atom is -0.493 e. The molecule has 122 valence electrons. The minimum atomic E-state index is 0.230. The van der Waals surface area contributed by atoms with Crippen LogP contribution in [-0.4, -0.2) is 24.2 Å². The fourth-order valence-corrected chi connectivity index (χ4v) is 2.27. The van der Waals surface area contributed by atoms with Gasteiger partial charge in [-0.3, -0.25) is 0 Å². The summed E-state index contributed by atoms with van der Waals surface area (Å²) in [5.74, 6) is 1.56. The van der Waals surface area contributed by atoms with Gasteiger partial charge in [0.1, 0.15) is 0 Å². The van der Waals surface area contributed by atoms with E-state index in [-0.39, 0.29) is 6.01 Å². The Morgan fingerprint density at radius 2 is 1.33 bits per heavy atom. The molecular weight excluding hydrogens is 304 g/mol. The van der Waals surface area contributed by atoms with Crippen LogP contribution >= 0.6 is 0 Å². The highest BCUT2D eigenvalue weighted by Gasteiger charge is 2.13. The molecule has 1 aromatic heterocycles. The summed E-state index contributed by atoms with van der Waals surface area (Å²) in [5, 5.41) is 0. The second kappa shape index (κ2) is 7.00. The average Bonchev–Trinajstić information content (AvgIpc) is 2.63. The molecule has 5 heteroatoms. The van der Waals surface area contributed by atoms with Gasteiger partial charge in [-0.2, -0.15) is 0 Å². The molecule has 5 nitrogen and oxygen atoms in total. The first kappa shape index (κ1) is 15.8. The molecule has 0 unspecified atom stereocenters. The summed E-state index contributed by atoms with van der Waals surface area (Å²) in [5.41, 5.74) is 3.19. The van der Waals surface area contributed by atoms with Crippen molar-refractivity contribution in [3.05, 3.63) is 60.4 Å². The number of benzene rings is 2. The molecule has 0 aliphatic rings. The highest BCUT2D eigenvalue weighted by atomic mass is 16.5. The summed E-state index contributed by atoms with van der Waals surface area (Å²) in [6.07, 6.45) is 3.46. The number of hydrogen-bond acceptors (Lipinski definition) is 5. The molecule has 0 aliphatic heterocycles. The number of para-hydroxylation sites is 1. The highest BCUT2D eigenvalue weighted by Crippen LogP contribution is 2.39. The van der Waals surface area contributed by atoms with Crippen LogP contribution in [-0.2, 0) is 0 Å². The van der Waals surface area contributed by atoms with Gasteiger partial charge >= 0.3 is 6.01 Å². The lowest BCUT2D eigenvalue weighted by Gasteiger charge is -2.12. The number of aryl methyl sites for hydroxylation is 1. The van der Waals surface area contributed by atoms with Crippen molar-refractivity contribution in [2.75, 3.05) is 14.2 Å². The van der Waals surface area contributed by atoms with Crippen molar-refractivity contribution in [3.8, 4) is 34.4 Å².